The highest BCUT2D eigenvalue weighted by atomic mass is 35.5. The molecule has 0 unspecified atom stereocenters. The molecular weight excluding hydrogens is 302 g/mol. The maximum absolute atomic E-state index is 11.3. The van der Waals surface area contributed by atoms with Gasteiger partial charge in [0.25, 0.3) is 0 Å². The third-order valence-corrected chi connectivity index (χ3v) is 3.85. The summed E-state index contributed by atoms with van der Waals surface area (Å²) in [6.07, 6.45) is 2.38. The van der Waals surface area contributed by atoms with Gasteiger partial charge < -0.3 is 15.2 Å². The van der Waals surface area contributed by atoms with Crippen molar-refractivity contribution in [1.82, 2.24) is 0 Å². The first-order chi connectivity index (χ1) is 10.6. The molecule has 2 aromatic carbocycles. The molecule has 0 saturated heterocycles. The van der Waals surface area contributed by atoms with Crippen LogP contribution in [0.15, 0.2) is 42.5 Å². The van der Waals surface area contributed by atoms with Crippen LogP contribution in [-0.4, -0.2) is 17.7 Å². The Morgan fingerprint density at radius 1 is 1.18 bits per heavy atom. The number of nitrogens with one attached hydrogen (secondary N) is 1. The average Bonchev–Trinajstić information content (AvgIpc) is 3.31. The van der Waals surface area contributed by atoms with E-state index < -0.39 is 5.97 Å². The van der Waals surface area contributed by atoms with E-state index in [-0.39, 0.29) is 5.56 Å². The minimum absolute atomic E-state index is 0.204. The highest BCUT2D eigenvalue weighted by molar-refractivity contribution is 6.32. The molecular formula is C17H16ClNO3. The van der Waals surface area contributed by atoms with Crippen molar-refractivity contribution in [2.75, 3.05) is 11.9 Å². The predicted molar refractivity (Wildman–Crippen MR) is 86.4 cm³/mol. The van der Waals surface area contributed by atoms with Gasteiger partial charge in [0, 0.05) is 0 Å². The molecule has 0 bridgehead atoms. The molecule has 5 heteroatoms. The van der Waals surface area contributed by atoms with Crippen LogP contribution < -0.4 is 10.1 Å². The van der Waals surface area contributed by atoms with Gasteiger partial charge in [-0.25, -0.2) is 4.79 Å². The minimum atomic E-state index is -0.981. The molecule has 1 saturated carbocycles. The molecule has 2 N–H and O–H groups in total. The fourth-order valence-electron chi connectivity index (χ4n) is 2.16. The van der Waals surface area contributed by atoms with Crippen molar-refractivity contribution in [3.63, 3.8) is 0 Å². The topological polar surface area (TPSA) is 58.6 Å². The number of carboxylic acids is 1. The van der Waals surface area contributed by atoms with E-state index in [1.165, 1.54) is 12.8 Å². The van der Waals surface area contributed by atoms with Crippen molar-refractivity contribution in [3.8, 4) is 5.75 Å². The Kier molecular flexibility index (Phi) is 4.20. The third-order valence-electron chi connectivity index (χ3n) is 3.55. The maximum atomic E-state index is 11.3. The van der Waals surface area contributed by atoms with Crippen LogP contribution in [0.25, 0.3) is 0 Å². The fourth-order valence-corrected chi connectivity index (χ4v) is 2.39. The summed E-state index contributed by atoms with van der Waals surface area (Å²) in [5.41, 5.74) is 1.38. The van der Waals surface area contributed by atoms with E-state index >= 15 is 0 Å². The van der Waals surface area contributed by atoms with Gasteiger partial charge in [0.15, 0.2) is 5.75 Å². The molecule has 0 aliphatic heterocycles. The Morgan fingerprint density at radius 2 is 1.91 bits per heavy atom. The van der Waals surface area contributed by atoms with Crippen LogP contribution in [0.4, 0.5) is 11.4 Å². The Morgan fingerprint density at radius 3 is 2.64 bits per heavy atom. The standard InChI is InChI=1S/C17H16ClNO3/c18-13-5-3-7-15(16(13)22-10-11-8-9-11)19-14-6-2-1-4-12(14)17(20)21/h1-7,11,19H,8-10H2,(H,20,21). The summed E-state index contributed by atoms with van der Waals surface area (Å²) in [6, 6.07) is 12.1. The van der Waals surface area contributed by atoms with Crippen LogP contribution in [0.2, 0.25) is 5.02 Å². The van der Waals surface area contributed by atoms with Crippen molar-refractivity contribution in [2.45, 2.75) is 12.8 Å². The lowest BCUT2D eigenvalue weighted by Gasteiger charge is -2.15. The van der Waals surface area contributed by atoms with Crippen LogP contribution in [0.5, 0.6) is 5.75 Å². The van der Waals surface area contributed by atoms with Gasteiger partial charge in [-0.1, -0.05) is 29.8 Å². The molecule has 0 amide bonds. The first-order valence-electron chi connectivity index (χ1n) is 7.16. The number of halogens is 1. The van der Waals surface area contributed by atoms with Crippen LogP contribution in [0.1, 0.15) is 23.2 Å². The van der Waals surface area contributed by atoms with E-state index in [0.717, 1.165) is 0 Å². The molecule has 114 valence electrons. The van der Waals surface area contributed by atoms with E-state index in [4.69, 9.17) is 16.3 Å². The lowest BCUT2D eigenvalue weighted by atomic mass is 10.1. The molecule has 1 aliphatic rings. The van der Waals surface area contributed by atoms with E-state index in [1.807, 2.05) is 6.07 Å². The zero-order chi connectivity index (χ0) is 15.5. The number of rotatable bonds is 6. The van der Waals surface area contributed by atoms with E-state index in [2.05, 4.69) is 5.32 Å². The molecule has 3 rings (SSSR count). The maximum Gasteiger partial charge on any atom is 0.337 e. The number of anilines is 2. The van der Waals surface area contributed by atoms with Crippen molar-refractivity contribution >= 4 is 28.9 Å². The molecule has 2 aromatic rings. The Bertz CT molecular complexity index is 698. The number of hydrogen-bond donors (Lipinski definition) is 2. The molecule has 1 aliphatic carbocycles. The van der Waals surface area contributed by atoms with Gasteiger partial charge in [-0.15, -0.1) is 0 Å². The summed E-state index contributed by atoms with van der Waals surface area (Å²) in [5, 5.41) is 12.9. The second kappa shape index (κ2) is 6.28. The second-order valence-electron chi connectivity index (χ2n) is 5.35. The summed E-state index contributed by atoms with van der Waals surface area (Å²) in [6.45, 7) is 0.638. The quantitative estimate of drug-likeness (QED) is 0.819. The molecule has 0 spiro atoms. The van der Waals surface area contributed by atoms with Crippen molar-refractivity contribution < 1.29 is 14.6 Å². The zero-order valence-electron chi connectivity index (χ0n) is 11.9. The largest absolute Gasteiger partial charge is 0.490 e. The lowest BCUT2D eigenvalue weighted by molar-refractivity contribution is 0.0698. The molecule has 0 aromatic heterocycles. The van der Waals surface area contributed by atoms with Gasteiger partial charge in [0.2, 0.25) is 0 Å². The number of ether oxygens (including phenoxy) is 1. The first kappa shape index (κ1) is 14.7. The molecule has 0 radical (unpaired) electrons. The van der Waals surface area contributed by atoms with Gasteiger partial charge in [0.1, 0.15) is 0 Å². The van der Waals surface area contributed by atoms with Crippen LogP contribution in [0.3, 0.4) is 0 Å². The normalized spacial score (nSPS) is 13.7. The number of hydrogen-bond acceptors (Lipinski definition) is 3. The highest BCUT2D eigenvalue weighted by Gasteiger charge is 2.23. The predicted octanol–water partition coefficient (Wildman–Crippen LogP) is 4.57. The zero-order valence-corrected chi connectivity index (χ0v) is 12.6. The van der Waals surface area contributed by atoms with Gasteiger partial charge in [-0.05, 0) is 43.0 Å². The Balaban J connectivity index is 1.88. The SMILES string of the molecule is O=C(O)c1ccccc1Nc1cccc(Cl)c1OCC1CC1. The summed E-state index contributed by atoms with van der Waals surface area (Å²) in [5.74, 6) is 0.192. The first-order valence-corrected chi connectivity index (χ1v) is 7.53. The molecule has 22 heavy (non-hydrogen) atoms. The van der Waals surface area contributed by atoms with Crippen LogP contribution in [-0.2, 0) is 0 Å². The van der Waals surface area contributed by atoms with E-state index in [9.17, 15) is 9.90 Å². The van der Waals surface area contributed by atoms with Crippen LogP contribution >= 0.6 is 11.6 Å². The van der Waals surface area contributed by atoms with E-state index in [1.54, 1.807) is 36.4 Å². The number of carbonyl (C=O) groups is 1. The number of benzene rings is 2. The molecule has 0 heterocycles. The molecule has 4 nitrogen and oxygen atoms in total. The number of carboxylic acid groups (broad SMARTS) is 1. The third kappa shape index (κ3) is 3.34. The fraction of sp³-hybridized carbons (Fsp3) is 0.235. The Labute approximate surface area is 133 Å². The van der Waals surface area contributed by atoms with Crippen molar-refractivity contribution in [1.29, 1.82) is 0 Å². The van der Waals surface area contributed by atoms with Crippen LogP contribution in [0, 0.1) is 5.92 Å². The summed E-state index contributed by atoms with van der Waals surface area (Å²) >= 11 is 6.22. The smallest absolute Gasteiger partial charge is 0.337 e. The monoisotopic (exact) mass is 317 g/mol. The summed E-state index contributed by atoms with van der Waals surface area (Å²) < 4.78 is 5.82. The number of aromatic carboxylic acids is 1. The van der Waals surface area contributed by atoms with Crippen molar-refractivity contribution in [3.05, 3.63) is 53.1 Å². The summed E-state index contributed by atoms with van der Waals surface area (Å²) in [4.78, 5) is 11.3. The minimum Gasteiger partial charge on any atom is -0.490 e. The van der Waals surface area contributed by atoms with Gasteiger partial charge in [0.05, 0.1) is 28.6 Å². The number of para-hydroxylation sites is 2. The molecule has 1 fully saturated rings. The van der Waals surface area contributed by atoms with Gasteiger partial charge in [-0.2, -0.15) is 0 Å². The van der Waals surface area contributed by atoms with E-state index in [0.29, 0.717) is 34.7 Å². The average molecular weight is 318 g/mol. The van der Waals surface area contributed by atoms with Gasteiger partial charge >= 0.3 is 5.97 Å². The summed E-state index contributed by atoms with van der Waals surface area (Å²) in [7, 11) is 0. The second-order valence-corrected chi connectivity index (χ2v) is 5.75. The lowest BCUT2D eigenvalue weighted by Crippen LogP contribution is -2.05. The Hall–Kier alpha value is -2.20. The highest BCUT2D eigenvalue weighted by Crippen LogP contribution is 2.37. The van der Waals surface area contributed by atoms with Crippen molar-refractivity contribution in [2.24, 2.45) is 5.92 Å². The van der Waals surface area contributed by atoms with Gasteiger partial charge in [-0.3, -0.25) is 0 Å². The molecule has 0 atom stereocenters.